The second kappa shape index (κ2) is 7.35. The molecule has 2 bridgehead atoms. The predicted molar refractivity (Wildman–Crippen MR) is 109 cm³/mol. The predicted octanol–water partition coefficient (Wildman–Crippen LogP) is 4.08. The molecular weight excluding hydrogens is 366 g/mol. The van der Waals surface area contributed by atoms with Gasteiger partial charge < -0.3 is 4.42 Å². The quantitative estimate of drug-likeness (QED) is 0.659. The molecule has 2 N–H and O–H groups in total. The smallest absolute Gasteiger partial charge is 0.270 e. The first-order chi connectivity index (χ1) is 14.2. The van der Waals surface area contributed by atoms with E-state index in [1.807, 2.05) is 24.3 Å². The summed E-state index contributed by atoms with van der Waals surface area (Å²) >= 11 is 0. The van der Waals surface area contributed by atoms with Crippen molar-refractivity contribution >= 4 is 22.7 Å². The van der Waals surface area contributed by atoms with Crippen LogP contribution in [-0.2, 0) is 4.79 Å². The van der Waals surface area contributed by atoms with Gasteiger partial charge in [0.15, 0.2) is 5.76 Å². The number of nitrogens with zero attached hydrogens (tertiary/aromatic N) is 1. The minimum atomic E-state index is -0.363. The summed E-state index contributed by atoms with van der Waals surface area (Å²) in [6.07, 6.45) is 7.02. The first-order valence-electron chi connectivity index (χ1n) is 10.2. The number of hydrogen-bond acceptors (Lipinski definition) is 4. The van der Waals surface area contributed by atoms with Gasteiger partial charge in [0.25, 0.3) is 5.91 Å². The fourth-order valence-corrected chi connectivity index (χ4v) is 5.02. The highest BCUT2D eigenvalue weighted by Crippen LogP contribution is 2.49. The summed E-state index contributed by atoms with van der Waals surface area (Å²) in [6.45, 7) is 0. The highest BCUT2D eigenvalue weighted by atomic mass is 16.3. The minimum absolute atomic E-state index is 0.125. The van der Waals surface area contributed by atoms with Gasteiger partial charge in [-0.15, -0.1) is 0 Å². The lowest BCUT2D eigenvalue weighted by Crippen LogP contribution is -2.42. The van der Waals surface area contributed by atoms with E-state index in [1.165, 1.54) is 19.3 Å². The van der Waals surface area contributed by atoms with Gasteiger partial charge in [-0.2, -0.15) is 0 Å². The summed E-state index contributed by atoms with van der Waals surface area (Å²) in [6, 6.07) is 12.7. The van der Waals surface area contributed by atoms with Crippen LogP contribution in [0.2, 0.25) is 0 Å². The van der Waals surface area contributed by atoms with Crippen molar-refractivity contribution in [1.82, 2.24) is 15.8 Å². The van der Waals surface area contributed by atoms with Crippen molar-refractivity contribution in [2.24, 2.45) is 17.8 Å². The number of carbonyl (C=O) groups is 2. The van der Waals surface area contributed by atoms with E-state index in [9.17, 15) is 9.59 Å². The Morgan fingerprint density at radius 3 is 2.72 bits per heavy atom. The number of benzene rings is 1. The Bertz CT molecular complexity index is 1060. The van der Waals surface area contributed by atoms with Crippen LogP contribution in [0.15, 0.2) is 53.1 Å². The molecular formula is C23H23N3O3. The zero-order chi connectivity index (χ0) is 19.8. The summed E-state index contributed by atoms with van der Waals surface area (Å²) in [7, 11) is 0. The topological polar surface area (TPSA) is 84.2 Å². The number of aromatic nitrogens is 1. The van der Waals surface area contributed by atoms with Gasteiger partial charge in [-0.1, -0.05) is 24.6 Å². The van der Waals surface area contributed by atoms with E-state index in [0.29, 0.717) is 40.8 Å². The molecule has 0 unspecified atom stereocenters. The first kappa shape index (κ1) is 17.9. The lowest BCUT2D eigenvalue weighted by atomic mass is 9.86. The van der Waals surface area contributed by atoms with Crippen molar-refractivity contribution in [3.8, 4) is 11.5 Å². The zero-order valence-electron chi connectivity index (χ0n) is 16.1. The van der Waals surface area contributed by atoms with Gasteiger partial charge in [0, 0.05) is 11.8 Å². The monoisotopic (exact) mass is 389 g/mol. The Hall–Kier alpha value is -3.15. The largest absolute Gasteiger partial charge is 0.463 e. The number of para-hydroxylation sites is 1. The number of fused-ring (bicyclic) bond motifs is 3. The van der Waals surface area contributed by atoms with E-state index >= 15 is 0 Å². The molecule has 0 saturated heterocycles. The summed E-state index contributed by atoms with van der Waals surface area (Å²) in [5.41, 5.74) is 6.91. The van der Waals surface area contributed by atoms with Crippen LogP contribution in [0.4, 0.5) is 0 Å². The van der Waals surface area contributed by atoms with E-state index in [2.05, 4.69) is 15.8 Å². The van der Waals surface area contributed by atoms with E-state index in [1.54, 1.807) is 24.5 Å². The molecule has 3 atom stereocenters. The normalized spacial score (nSPS) is 22.7. The summed E-state index contributed by atoms with van der Waals surface area (Å²) in [4.78, 5) is 29.8. The molecule has 6 heteroatoms. The fraction of sp³-hybridized carbons (Fsp3) is 0.348. The van der Waals surface area contributed by atoms with E-state index < -0.39 is 0 Å². The molecule has 148 valence electrons. The Balaban J connectivity index is 1.32. The van der Waals surface area contributed by atoms with E-state index in [0.717, 1.165) is 17.7 Å². The average molecular weight is 389 g/mol. The molecule has 2 aliphatic rings. The number of hydrogen-bond donors (Lipinski definition) is 2. The van der Waals surface area contributed by atoms with Crippen LogP contribution in [0.5, 0.6) is 0 Å². The number of nitrogens with one attached hydrogen (secondary N) is 2. The number of carbonyl (C=O) groups excluding carboxylic acids is 2. The Morgan fingerprint density at radius 1 is 1.07 bits per heavy atom. The maximum atomic E-state index is 12.9. The highest BCUT2D eigenvalue weighted by Gasteiger charge is 2.40. The molecule has 0 spiro atoms. The minimum Gasteiger partial charge on any atom is -0.463 e. The lowest BCUT2D eigenvalue weighted by molar-refractivity contribution is -0.123. The third-order valence-corrected chi connectivity index (χ3v) is 6.38. The molecule has 6 nitrogen and oxygen atoms in total. The van der Waals surface area contributed by atoms with Crippen molar-refractivity contribution in [2.45, 2.75) is 32.1 Å². The van der Waals surface area contributed by atoms with Crippen molar-refractivity contribution in [2.75, 3.05) is 0 Å². The molecule has 29 heavy (non-hydrogen) atoms. The second-order valence-electron chi connectivity index (χ2n) is 8.19. The van der Waals surface area contributed by atoms with Gasteiger partial charge in [-0.3, -0.25) is 20.4 Å². The van der Waals surface area contributed by atoms with E-state index in [4.69, 9.17) is 4.42 Å². The molecule has 2 aliphatic carbocycles. The molecule has 2 amide bonds. The van der Waals surface area contributed by atoms with Crippen LogP contribution in [0.3, 0.4) is 0 Å². The van der Waals surface area contributed by atoms with Crippen LogP contribution in [0, 0.1) is 17.8 Å². The summed E-state index contributed by atoms with van der Waals surface area (Å²) < 4.78 is 5.44. The number of furan rings is 1. The number of hydrazine groups is 1. The van der Waals surface area contributed by atoms with Gasteiger partial charge in [-0.25, -0.2) is 4.98 Å². The molecule has 0 aliphatic heterocycles. The third-order valence-electron chi connectivity index (χ3n) is 6.38. The van der Waals surface area contributed by atoms with Gasteiger partial charge >= 0.3 is 0 Å². The lowest BCUT2D eigenvalue weighted by Gasteiger charge is -2.21. The Kier molecular flexibility index (Phi) is 4.54. The average Bonchev–Trinajstić information content (AvgIpc) is 3.49. The molecule has 2 saturated carbocycles. The SMILES string of the molecule is O=C(C[C@H]1C[C@H]2CC[C@H]1C2)NNC(=O)c1cc(-c2ccco2)nc2ccccc12. The fourth-order valence-electron chi connectivity index (χ4n) is 5.02. The van der Waals surface area contributed by atoms with Crippen molar-refractivity contribution in [3.63, 3.8) is 0 Å². The van der Waals surface area contributed by atoms with Gasteiger partial charge in [-0.05, 0) is 61.3 Å². The molecule has 2 aromatic heterocycles. The molecule has 0 radical (unpaired) electrons. The van der Waals surface area contributed by atoms with Crippen LogP contribution in [-0.4, -0.2) is 16.8 Å². The summed E-state index contributed by atoms with van der Waals surface area (Å²) in [5.74, 6) is 2.04. The molecule has 3 aromatic rings. The first-order valence-corrected chi connectivity index (χ1v) is 10.2. The highest BCUT2D eigenvalue weighted by molar-refractivity contribution is 6.07. The van der Waals surface area contributed by atoms with Crippen molar-refractivity contribution in [3.05, 3.63) is 54.3 Å². The number of amides is 2. The van der Waals surface area contributed by atoms with Crippen LogP contribution < -0.4 is 10.9 Å². The van der Waals surface area contributed by atoms with Crippen molar-refractivity contribution in [1.29, 1.82) is 0 Å². The number of rotatable bonds is 4. The van der Waals surface area contributed by atoms with Crippen LogP contribution in [0.25, 0.3) is 22.4 Å². The zero-order valence-corrected chi connectivity index (χ0v) is 16.1. The van der Waals surface area contributed by atoms with Gasteiger partial charge in [0.1, 0.15) is 5.69 Å². The molecule has 2 fully saturated rings. The van der Waals surface area contributed by atoms with E-state index in [-0.39, 0.29) is 11.8 Å². The maximum absolute atomic E-state index is 12.9. The second-order valence-corrected chi connectivity index (χ2v) is 8.19. The summed E-state index contributed by atoms with van der Waals surface area (Å²) in [5, 5.41) is 0.725. The standard InChI is InChI=1S/C23H23N3O3/c27-22(12-16-11-14-7-8-15(16)10-14)25-26-23(28)18-13-20(21-6-3-9-29-21)24-19-5-2-1-4-17(18)19/h1-6,9,13-16H,7-8,10-12H2,(H,25,27)(H,26,28)/t14-,15-,16+/m0/s1. The Labute approximate surface area is 168 Å². The Morgan fingerprint density at radius 2 is 1.97 bits per heavy atom. The van der Waals surface area contributed by atoms with Gasteiger partial charge in [0.2, 0.25) is 5.91 Å². The van der Waals surface area contributed by atoms with Gasteiger partial charge in [0.05, 0.1) is 17.3 Å². The van der Waals surface area contributed by atoms with Crippen molar-refractivity contribution < 1.29 is 14.0 Å². The van der Waals surface area contributed by atoms with Crippen LogP contribution >= 0.6 is 0 Å². The molecule has 2 heterocycles. The van der Waals surface area contributed by atoms with Crippen LogP contribution in [0.1, 0.15) is 42.5 Å². The molecule has 5 rings (SSSR count). The third kappa shape index (κ3) is 3.50. The number of pyridine rings is 1. The maximum Gasteiger partial charge on any atom is 0.270 e. The molecule has 1 aromatic carbocycles.